The Balaban J connectivity index is 1.48. The molecule has 0 aromatic carbocycles. The molecular formula is C21H31N3O3. The topological polar surface area (TPSA) is 73.6 Å². The number of hydrogen-bond acceptors (Lipinski definition) is 4. The van der Waals surface area contributed by atoms with Crippen molar-refractivity contribution in [1.82, 2.24) is 9.80 Å². The summed E-state index contributed by atoms with van der Waals surface area (Å²) < 4.78 is 5.36. The number of nitriles is 1. The van der Waals surface area contributed by atoms with E-state index in [4.69, 9.17) is 4.74 Å². The van der Waals surface area contributed by atoms with Crippen LogP contribution in [0.3, 0.4) is 0 Å². The fourth-order valence-electron chi connectivity index (χ4n) is 5.66. The van der Waals surface area contributed by atoms with E-state index in [1.807, 2.05) is 4.90 Å². The van der Waals surface area contributed by atoms with Gasteiger partial charge in [0.25, 0.3) is 0 Å². The van der Waals surface area contributed by atoms with Crippen LogP contribution >= 0.6 is 0 Å². The first-order valence-corrected chi connectivity index (χ1v) is 10.7. The molecule has 1 saturated carbocycles. The lowest BCUT2D eigenvalue weighted by atomic mass is 9.76. The second-order valence-corrected chi connectivity index (χ2v) is 8.96. The Morgan fingerprint density at radius 3 is 2.48 bits per heavy atom. The van der Waals surface area contributed by atoms with Gasteiger partial charge in [-0.3, -0.25) is 9.59 Å². The molecule has 4 rings (SSSR count). The highest BCUT2D eigenvalue weighted by Crippen LogP contribution is 2.44. The second-order valence-electron chi connectivity index (χ2n) is 8.96. The summed E-state index contributed by atoms with van der Waals surface area (Å²) in [5.41, 5.74) is -1.36. The molecule has 1 atom stereocenters. The van der Waals surface area contributed by atoms with Gasteiger partial charge in [0.2, 0.25) is 11.8 Å². The first kappa shape index (κ1) is 18.7. The van der Waals surface area contributed by atoms with Crippen LogP contribution in [0.1, 0.15) is 64.2 Å². The summed E-state index contributed by atoms with van der Waals surface area (Å²) in [4.78, 5) is 30.6. The van der Waals surface area contributed by atoms with E-state index in [9.17, 15) is 14.9 Å². The summed E-state index contributed by atoms with van der Waals surface area (Å²) in [5.74, 6) is 0.196. The molecule has 6 heteroatoms. The molecule has 0 aromatic rings. The van der Waals surface area contributed by atoms with Gasteiger partial charge in [0.15, 0.2) is 0 Å². The minimum atomic E-state index is -0.954. The van der Waals surface area contributed by atoms with Crippen molar-refractivity contribution >= 4 is 11.8 Å². The lowest BCUT2D eigenvalue weighted by molar-refractivity contribution is -0.150. The van der Waals surface area contributed by atoms with Crippen molar-refractivity contribution in [2.75, 3.05) is 32.8 Å². The summed E-state index contributed by atoms with van der Waals surface area (Å²) in [7, 11) is 0. The number of likely N-dealkylation sites (tertiary alicyclic amines) is 2. The molecule has 3 saturated heterocycles. The molecule has 0 bridgehead atoms. The lowest BCUT2D eigenvalue weighted by Crippen LogP contribution is -2.55. The quantitative estimate of drug-likeness (QED) is 0.745. The summed E-state index contributed by atoms with van der Waals surface area (Å²) in [6.07, 6.45) is 9.57. The molecule has 0 aromatic heterocycles. The summed E-state index contributed by atoms with van der Waals surface area (Å²) in [6.45, 7) is 2.91. The molecule has 0 radical (unpaired) electrons. The maximum Gasteiger partial charge on any atom is 0.243 e. The SMILES string of the molecule is N#CC1(C(=O)N2CCC3(CCCN(C4CCCCC4)C3=O)C2)CCOCC1. The standard InChI is InChI=1S/C21H31N3O3/c22-15-20(9-13-27-14-10-20)18(25)23-12-8-21(16-23)7-4-11-24(19(21)26)17-5-2-1-3-6-17/h17H,1-14,16H2. The second kappa shape index (κ2) is 7.43. The predicted octanol–water partition coefficient (Wildman–Crippen LogP) is 2.48. The highest BCUT2D eigenvalue weighted by molar-refractivity contribution is 5.89. The molecule has 3 aliphatic heterocycles. The minimum absolute atomic E-state index is 0.0761. The van der Waals surface area contributed by atoms with Crippen molar-refractivity contribution in [2.24, 2.45) is 10.8 Å². The van der Waals surface area contributed by atoms with E-state index in [1.54, 1.807) is 0 Å². The van der Waals surface area contributed by atoms with Gasteiger partial charge in [0.05, 0.1) is 11.5 Å². The third kappa shape index (κ3) is 3.24. The number of rotatable bonds is 2. The third-order valence-electron chi connectivity index (χ3n) is 7.40. The molecule has 4 aliphatic rings. The molecule has 1 aliphatic carbocycles. The van der Waals surface area contributed by atoms with Gasteiger partial charge in [-0.15, -0.1) is 0 Å². The third-order valence-corrected chi connectivity index (χ3v) is 7.40. The fourth-order valence-corrected chi connectivity index (χ4v) is 5.66. The molecule has 6 nitrogen and oxygen atoms in total. The molecule has 3 heterocycles. The van der Waals surface area contributed by atoms with E-state index < -0.39 is 10.8 Å². The Kier molecular flexibility index (Phi) is 5.15. The van der Waals surface area contributed by atoms with Gasteiger partial charge in [-0.1, -0.05) is 19.3 Å². The van der Waals surface area contributed by atoms with Gasteiger partial charge < -0.3 is 14.5 Å². The molecule has 0 N–H and O–H groups in total. The monoisotopic (exact) mass is 373 g/mol. The average Bonchev–Trinajstić information content (AvgIpc) is 3.15. The Labute approximate surface area is 161 Å². The number of hydrogen-bond donors (Lipinski definition) is 0. The van der Waals surface area contributed by atoms with Gasteiger partial charge in [-0.25, -0.2) is 0 Å². The van der Waals surface area contributed by atoms with Crippen LogP contribution in [-0.2, 0) is 14.3 Å². The zero-order valence-corrected chi connectivity index (χ0v) is 16.3. The van der Waals surface area contributed by atoms with Crippen LogP contribution in [0.5, 0.6) is 0 Å². The van der Waals surface area contributed by atoms with Crippen molar-refractivity contribution in [3.05, 3.63) is 0 Å². The fraction of sp³-hybridized carbons (Fsp3) is 0.857. The van der Waals surface area contributed by atoms with Gasteiger partial charge >= 0.3 is 0 Å². The number of piperidine rings is 1. The van der Waals surface area contributed by atoms with Gasteiger partial charge in [0.1, 0.15) is 5.41 Å². The predicted molar refractivity (Wildman–Crippen MR) is 99.5 cm³/mol. The summed E-state index contributed by atoms with van der Waals surface area (Å²) in [5, 5.41) is 9.71. The maximum atomic E-state index is 13.4. The highest BCUT2D eigenvalue weighted by atomic mass is 16.5. The smallest absolute Gasteiger partial charge is 0.243 e. The number of carbonyl (C=O) groups excluding carboxylic acids is 2. The van der Waals surface area contributed by atoms with Gasteiger partial charge in [-0.05, 0) is 44.9 Å². The van der Waals surface area contributed by atoms with Crippen LogP contribution in [0.25, 0.3) is 0 Å². The summed E-state index contributed by atoms with van der Waals surface area (Å²) >= 11 is 0. The first-order chi connectivity index (χ1) is 13.1. The largest absolute Gasteiger partial charge is 0.381 e. The number of amides is 2. The molecule has 1 unspecified atom stereocenters. The zero-order chi connectivity index (χ0) is 18.9. The van der Waals surface area contributed by atoms with Crippen LogP contribution in [0.4, 0.5) is 0 Å². The Hall–Kier alpha value is -1.61. The first-order valence-electron chi connectivity index (χ1n) is 10.7. The summed E-state index contributed by atoms with van der Waals surface area (Å²) in [6, 6.07) is 2.69. The lowest BCUT2D eigenvalue weighted by Gasteiger charge is -2.44. The molecular weight excluding hydrogens is 342 g/mol. The zero-order valence-electron chi connectivity index (χ0n) is 16.3. The molecule has 4 fully saturated rings. The van der Waals surface area contributed by atoms with Crippen LogP contribution < -0.4 is 0 Å². The Morgan fingerprint density at radius 1 is 1.04 bits per heavy atom. The number of nitrogens with zero attached hydrogens (tertiary/aromatic N) is 3. The van der Waals surface area contributed by atoms with E-state index in [1.165, 1.54) is 19.3 Å². The van der Waals surface area contributed by atoms with Crippen molar-refractivity contribution in [3.63, 3.8) is 0 Å². The van der Waals surface area contributed by atoms with E-state index in [-0.39, 0.29) is 11.8 Å². The van der Waals surface area contributed by atoms with Crippen LogP contribution in [0.2, 0.25) is 0 Å². The minimum Gasteiger partial charge on any atom is -0.381 e. The number of ether oxygens (including phenoxy) is 1. The Bertz CT molecular complexity index is 631. The van der Waals surface area contributed by atoms with Crippen molar-refractivity contribution < 1.29 is 14.3 Å². The average molecular weight is 373 g/mol. The highest BCUT2D eigenvalue weighted by Gasteiger charge is 2.53. The van der Waals surface area contributed by atoms with Gasteiger partial charge in [0, 0.05) is 38.9 Å². The van der Waals surface area contributed by atoms with Crippen molar-refractivity contribution in [2.45, 2.75) is 70.3 Å². The van der Waals surface area contributed by atoms with Gasteiger partial charge in [-0.2, -0.15) is 5.26 Å². The van der Waals surface area contributed by atoms with Crippen LogP contribution in [0, 0.1) is 22.2 Å². The van der Waals surface area contributed by atoms with E-state index >= 15 is 0 Å². The Morgan fingerprint density at radius 2 is 1.78 bits per heavy atom. The van der Waals surface area contributed by atoms with Crippen molar-refractivity contribution in [3.8, 4) is 6.07 Å². The van der Waals surface area contributed by atoms with E-state index in [2.05, 4.69) is 11.0 Å². The van der Waals surface area contributed by atoms with Crippen LogP contribution in [0.15, 0.2) is 0 Å². The van der Waals surface area contributed by atoms with E-state index in [0.29, 0.717) is 45.2 Å². The number of carbonyl (C=O) groups is 2. The normalized spacial score (nSPS) is 31.9. The van der Waals surface area contributed by atoms with Crippen LogP contribution in [-0.4, -0.2) is 60.5 Å². The molecule has 27 heavy (non-hydrogen) atoms. The molecule has 2 amide bonds. The van der Waals surface area contributed by atoms with E-state index in [0.717, 1.165) is 38.6 Å². The molecule has 1 spiro atoms. The maximum absolute atomic E-state index is 13.4. The van der Waals surface area contributed by atoms with Crippen molar-refractivity contribution in [1.29, 1.82) is 5.26 Å². The molecule has 148 valence electrons.